The zero-order chi connectivity index (χ0) is 9.80. The molecule has 0 bridgehead atoms. The highest BCUT2D eigenvalue weighted by Gasteiger charge is 2.11. The number of hydrogen-bond acceptors (Lipinski definition) is 2. The number of nitrogens with one attached hydrogen (secondary N) is 1. The van der Waals surface area contributed by atoms with Gasteiger partial charge in [0.15, 0.2) is 0 Å². The smallest absolute Gasteiger partial charge is 0.127 e. The van der Waals surface area contributed by atoms with Gasteiger partial charge in [-0.3, -0.25) is 4.90 Å². The van der Waals surface area contributed by atoms with Crippen molar-refractivity contribution in [2.24, 2.45) is 0 Å². The quantitative estimate of drug-likeness (QED) is 0.882. The van der Waals surface area contributed by atoms with E-state index in [1.54, 1.807) is 6.07 Å². The first-order chi connectivity index (χ1) is 6.86. The van der Waals surface area contributed by atoms with Crippen molar-refractivity contribution in [1.82, 2.24) is 10.2 Å². The van der Waals surface area contributed by atoms with Crippen LogP contribution in [0.4, 0.5) is 4.39 Å². The van der Waals surface area contributed by atoms with Gasteiger partial charge >= 0.3 is 0 Å². The van der Waals surface area contributed by atoms with Crippen molar-refractivity contribution in [2.75, 3.05) is 26.2 Å². The molecule has 0 atom stereocenters. The minimum Gasteiger partial charge on any atom is -0.314 e. The van der Waals surface area contributed by atoms with Crippen LogP contribution in [0.2, 0.25) is 0 Å². The van der Waals surface area contributed by atoms with E-state index in [2.05, 4.69) is 10.2 Å². The molecule has 0 aliphatic carbocycles. The molecule has 2 nitrogen and oxygen atoms in total. The normalized spacial score (nSPS) is 16.1. The highest BCUT2D eigenvalue weighted by molar-refractivity contribution is 5.85. The van der Waals surface area contributed by atoms with Crippen LogP contribution in [0, 0.1) is 5.82 Å². The van der Waals surface area contributed by atoms with Crippen LogP contribution >= 0.6 is 24.8 Å². The molecular weight excluding hydrogens is 250 g/mol. The van der Waals surface area contributed by atoms with Gasteiger partial charge < -0.3 is 5.32 Å². The summed E-state index contributed by atoms with van der Waals surface area (Å²) in [4.78, 5) is 2.27. The second-order valence-electron chi connectivity index (χ2n) is 3.62. The maximum absolute atomic E-state index is 13.3. The Kier molecular flexibility index (Phi) is 7.68. The summed E-state index contributed by atoms with van der Waals surface area (Å²) in [5.74, 6) is -0.0916. The first-order valence-electron chi connectivity index (χ1n) is 5.03. The van der Waals surface area contributed by atoms with Crippen LogP contribution in [-0.2, 0) is 6.54 Å². The van der Waals surface area contributed by atoms with Crippen molar-refractivity contribution < 1.29 is 4.39 Å². The van der Waals surface area contributed by atoms with E-state index in [1.807, 2.05) is 12.1 Å². The molecule has 92 valence electrons. The predicted molar refractivity (Wildman–Crippen MR) is 69.0 cm³/mol. The van der Waals surface area contributed by atoms with Gasteiger partial charge in [-0.1, -0.05) is 18.2 Å². The molecule has 1 N–H and O–H groups in total. The molecule has 16 heavy (non-hydrogen) atoms. The molecule has 1 aliphatic heterocycles. The van der Waals surface area contributed by atoms with Crippen LogP contribution < -0.4 is 5.32 Å². The lowest BCUT2D eigenvalue weighted by Gasteiger charge is -2.27. The average Bonchev–Trinajstić information content (AvgIpc) is 2.23. The molecule has 1 saturated heterocycles. The topological polar surface area (TPSA) is 15.3 Å². The molecule has 2 rings (SSSR count). The van der Waals surface area contributed by atoms with Crippen LogP contribution in [0.5, 0.6) is 0 Å². The summed E-state index contributed by atoms with van der Waals surface area (Å²) in [5, 5.41) is 3.28. The Morgan fingerprint density at radius 2 is 1.75 bits per heavy atom. The molecule has 0 saturated carbocycles. The van der Waals surface area contributed by atoms with Crippen LogP contribution in [-0.4, -0.2) is 31.1 Å². The SMILES string of the molecule is Cl.Cl.Fc1ccccc1CN1CCNCC1. The first kappa shape index (κ1) is 15.7. The molecule has 1 aliphatic rings. The van der Waals surface area contributed by atoms with Gasteiger partial charge in [0.2, 0.25) is 0 Å². The summed E-state index contributed by atoms with van der Waals surface area (Å²) in [6.45, 7) is 4.76. The van der Waals surface area contributed by atoms with E-state index in [4.69, 9.17) is 0 Å². The number of nitrogens with zero attached hydrogens (tertiary/aromatic N) is 1. The summed E-state index contributed by atoms with van der Waals surface area (Å²) < 4.78 is 13.3. The van der Waals surface area contributed by atoms with Crippen molar-refractivity contribution in [3.8, 4) is 0 Å². The Labute approximate surface area is 108 Å². The standard InChI is InChI=1S/C11H15FN2.2ClH/c12-11-4-2-1-3-10(11)9-14-7-5-13-6-8-14;;/h1-4,13H,5-9H2;2*1H. The Morgan fingerprint density at radius 1 is 1.12 bits per heavy atom. The molecule has 5 heteroatoms. The highest BCUT2D eigenvalue weighted by atomic mass is 35.5. The molecule has 0 radical (unpaired) electrons. The van der Waals surface area contributed by atoms with Crippen LogP contribution in [0.1, 0.15) is 5.56 Å². The van der Waals surface area contributed by atoms with Crippen LogP contribution in [0.25, 0.3) is 0 Å². The lowest BCUT2D eigenvalue weighted by Crippen LogP contribution is -2.43. The summed E-state index contributed by atoms with van der Waals surface area (Å²) in [6, 6.07) is 7.01. The highest BCUT2D eigenvalue weighted by Crippen LogP contribution is 2.09. The van der Waals surface area contributed by atoms with Crippen LogP contribution in [0.3, 0.4) is 0 Å². The fourth-order valence-corrected chi connectivity index (χ4v) is 1.74. The Hall–Kier alpha value is -0.350. The molecule has 0 amide bonds. The molecule has 1 aromatic carbocycles. The molecule has 0 unspecified atom stereocenters. The van der Waals surface area contributed by atoms with Gasteiger partial charge in [0, 0.05) is 38.3 Å². The van der Waals surface area contributed by atoms with Crippen LogP contribution in [0.15, 0.2) is 24.3 Å². The van der Waals surface area contributed by atoms with Gasteiger partial charge in [0.25, 0.3) is 0 Å². The third-order valence-electron chi connectivity index (χ3n) is 2.56. The minimum absolute atomic E-state index is 0. The van der Waals surface area contributed by atoms with E-state index in [9.17, 15) is 4.39 Å². The van der Waals surface area contributed by atoms with E-state index >= 15 is 0 Å². The first-order valence-corrected chi connectivity index (χ1v) is 5.03. The van der Waals surface area contributed by atoms with Gasteiger partial charge in [-0.15, -0.1) is 24.8 Å². The van der Waals surface area contributed by atoms with Gasteiger partial charge in [-0.05, 0) is 6.07 Å². The summed E-state index contributed by atoms with van der Waals surface area (Å²) >= 11 is 0. The predicted octanol–water partition coefficient (Wildman–Crippen LogP) is 2.07. The number of piperazine rings is 1. The van der Waals surface area contributed by atoms with Crippen molar-refractivity contribution in [1.29, 1.82) is 0 Å². The van der Waals surface area contributed by atoms with E-state index in [-0.39, 0.29) is 30.6 Å². The second kappa shape index (κ2) is 7.85. The summed E-state index contributed by atoms with van der Waals surface area (Å²) in [7, 11) is 0. The monoisotopic (exact) mass is 266 g/mol. The third kappa shape index (κ3) is 4.26. The zero-order valence-electron chi connectivity index (χ0n) is 8.99. The van der Waals surface area contributed by atoms with Crippen molar-refractivity contribution >= 4 is 24.8 Å². The third-order valence-corrected chi connectivity index (χ3v) is 2.56. The molecule has 1 heterocycles. The Bertz CT molecular complexity index is 304. The van der Waals surface area contributed by atoms with Gasteiger partial charge in [0.05, 0.1) is 0 Å². The maximum Gasteiger partial charge on any atom is 0.127 e. The molecule has 1 fully saturated rings. The lowest BCUT2D eigenvalue weighted by molar-refractivity contribution is 0.230. The minimum atomic E-state index is -0.0916. The Balaban J connectivity index is 0.00000112. The Morgan fingerprint density at radius 3 is 2.38 bits per heavy atom. The van der Waals surface area contributed by atoms with Gasteiger partial charge in [0.1, 0.15) is 5.82 Å². The molecular formula is C11H17Cl2FN2. The number of rotatable bonds is 2. The number of benzene rings is 1. The molecule has 0 aromatic heterocycles. The zero-order valence-corrected chi connectivity index (χ0v) is 10.6. The van der Waals surface area contributed by atoms with Crippen molar-refractivity contribution in [3.63, 3.8) is 0 Å². The average molecular weight is 267 g/mol. The van der Waals surface area contributed by atoms with Gasteiger partial charge in [-0.25, -0.2) is 4.39 Å². The van der Waals surface area contributed by atoms with E-state index < -0.39 is 0 Å². The maximum atomic E-state index is 13.3. The van der Waals surface area contributed by atoms with E-state index in [1.165, 1.54) is 6.07 Å². The largest absolute Gasteiger partial charge is 0.314 e. The summed E-state index contributed by atoms with van der Waals surface area (Å²) in [5.41, 5.74) is 0.800. The molecule has 1 aromatic rings. The van der Waals surface area contributed by atoms with Crippen molar-refractivity contribution in [3.05, 3.63) is 35.6 Å². The number of halogens is 3. The van der Waals surface area contributed by atoms with E-state index in [0.29, 0.717) is 0 Å². The number of hydrogen-bond donors (Lipinski definition) is 1. The van der Waals surface area contributed by atoms with Crippen molar-refractivity contribution in [2.45, 2.75) is 6.54 Å². The summed E-state index contributed by atoms with van der Waals surface area (Å²) in [6.07, 6.45) is 0. The fourth-order valence-electron chi connectivity index (χ4n) is 1.74. The van der Waals surface area contributed by atoms with Gasteiger partial charge in [-0.2, -0.15) is 0 Å². The second-order valence-corrected chi connectivity index (χ2v) is 3.62. The van der Waals surface area contributed by atoms with E-state index in [0.717, 1.165) is 38.3 Å². The molecule has 0 spiro atoms. The fraction of sp³-hybridized carbons (Fsp3) is 0.455. The lowest BCUT2D eigenvalue weighted by atomic mass is 10.2.